The third-order valence-corrected chi connectivity index (χ3v) is 2.48. The van der Waals surface area contributed by atoms with Gasteiger partial charge < -0.3 is 5.32 Å². The summed E-state index contributed by atoms with van der Waals surface area (Å²) in [6.07, 6.45) is 2.99. The van der Waals surface area contributed by atoms with Gasteiger partial charge in [-0.25, -0.2) is 0 Å². The van der Waals surface area contributed by atoms with Crippen molar-refractivity contribution in [1.29, 1.82) is 0 Å². The summed E-state index contributed by atoms with van der Waals surface area (Å²) in [6.45, 7) is 9.95. The van der Waals surface area contributed by atoms with Gasteiger partial charge in [0.1, 0.15) is 0 Å². The SMILES string of the molecule is CCNC(CC(C)(C)C)c1ccnn1C. The van der Waals surface area contributed by atoms with Gasteiger partial charge in [0, 0.05) is 19.3 Å². The Hall–Kier alpha value is -0.830. The molecule has 0 fully saturated rings. The van der Waals surface area contributed by atoms with Gasteiger partial charge in [0.15, 0.2) is 0 Å². The van der Waals surface area contributed by atoms with Gasteiger partial charge in [-0.1, -0.05) is 27.7 Å². The summed E-state index contributed by atoms with van der Waals surface area (Å²) in [6, 6.07) is 2.50. The summed E-state index contributed by atoms with van der Waals surface area (Å²) in [4.78, 5) is 0. The zero-order valence-corrected chi connectivity index (χ0v) is 10.5. The monoisotopic (exact) mass is 209 g/mol. The van der Waals surface area contributed by atoms with Crippen LogP contribution in [0.3, 0.4) is 0 Å². The lowest BCUT2D eigenvalue weighted by atomic mass is 9.87. The molecule has 15 heavy (non-hydrogen) atoms. The second-order valence-corrected chi connectivity index (χ2v) is 5.25. The average Bonchev–Trinajstić information content (AvgIpc) is 2.48. The van der Waals surface area contributed by atoms with Gasteiger partial charge in [-0.15, -0.1) is 0 Å². The highest BCUT2D eigenvalue weighted by molar-refractivity contribution is 5.07. The molecule has 0 saturated carbocycles. The van der Waals surface area contributed by atoms with E-state index in [1.54, 1.807) is 0 Å². The second kappa shape index (κ2) is 4.79. The third kappa shape index (κ3) is 3.67. The fourth-order valence-corrected chi connectivity index (χ4v) is 1.87. The molecule has 1 rings (SSSR count). The Kier molecular flexibility index (Phi) is 3.91. The molecule has 0 saturated heterocycles. The lowest BCUT2D eigenvalue weighted by molar-refractivity contribution is 0.306. The van der Waals surface area contributed by atoms with Crippen LogP contribution < -0.4 is 5.32 Å². The molecule has 0 aromatic carbocycles. The van der Waals surface area contributed by atoms with Crippen LogP contribution in [0.25, 0.3) is 0 Å². The minimum Gasteiger partial charge on any atom is -0.309 e. The highest BCUT2D eigenvalue weighted by atomic mass is 15.3. The van der Waals surface area contributed by atoms with E-state index in [4.69, 9.17) is 0 Å². The number of aromatic nitrogens is 2. The van der Waals surface area contributed by atoms with Crippen LogP contribution in [0.5, 0.6) is 0 Å². The summed E-state index contributed by atoms with van der Waals surface area (Å²) in [7, 11) is 2.00. The van der Waals surface area contributed by atoms with Gasteiger partial charge in [0.05, 0.1) is 5.69 Å². The third-order valence-electron chi connectivity index (χ3n) is 2.48. The second-order valence-electron chi connectivity index (χ2n) is 5.25. The van der Waals surface area contributed by atoms with E-state index in [1.807, 2.05) is 17.9 Å². The Labute approximate surface area is 92.9 Å². The molecular weight excluding hydrogens is 186 g/mol. The van der Waals surface area contributed by atoms with Crippen molar-refractivity contribution in [3.8, 4) is 0 Å². The van der Waals surface area contributed by atoms with Gasteiger partial charge in [-0.3, -0.25) is 4.68 Å². The minimum absolute atomic E-state index is 0.330. The number of aryl methyl sites for hydroxylation is 1. The summed E-state index contributed by atoms with van der Waals surface area (Å²) in [5, 5.41) is 7.75. The van der Waals surface area contributed by atoms with Crippen LogP contribution >= 0.6 is 0 Å². The molecule has 1 aromatic rings. The van der Waals surface area contributed by atoms with Crippen LogP contribution in [0.4, 0.5) is 0 Å². The average molecular weight is 209 g/mol. The lowest BCUT2D eigenvalue weighted by Crippen LogP contribution is -2.27. The molecule has 1 unspecified atom stereocenters. The quantitative estimate of drug-likeness (QED) is 0.825. The summed E-state index contributed by atoms with van der Waals surface area (Å²) < 4.78 is 1.96. The predicted octanol–water partition coefficient (Wildman–Crippen LogP) is 2.51. The van der Waals surface area contributed by atoms with E-state index in [9.17, 15) is 0 Å². The summed E-state index contributed by atoms with van der Waals surface area (Å²) >= 11 is 0. The smallest absolute Gasteiger partial charge is 0.0550 e. The predicted molar refractivity (Wildman–Crippen MR) is 63.7 cm³/mol. The van der Waals surface area contributed by atoms with Crippen molar-refractivity contribution in [2.75, 3.05) is 6.54 Å². The van der Waals surface area contributed by atoms with E-state index in [0.717, 1.165) is 13.0 Å². The van der Waals surface area contributed by atoms with E-state index in [2.05, 4.69) is 44.2 Å². The Morgan fingerprint density at radius 3 is 2.53 bits per heavy atom. The first-order valence-corrected chi connectivity index (χ1v) is 5.65. The molecule has 3 heteroatoms. The lowest BCUT2D eigenvalue weighted by Gasteiger charge is -2.26. The molecule has 0 amide bonds. The van der Waals surface area contributed by atoms with Crippen LogP contribution in [0, 0.1) is 5.41 Å². The first-order valence-electron chi connectivity index (χ1n) is 5.65. The molecule has 1 aromatic heterocycles. The van der Waals surface area contributed by atoms with Gasteiger partial charge >= 0.3 is 0 Å². The molecule has 0 aliphatic carbocycles. The molecule has 0 aliphatic heterocycles. The molecule has 0 spiro atoms. The van der Waals surface area contributed by atoms with Crippen molar-refractivity contribution in [2.45, 2.75) is 40.2 Å². The number of hydrogen-bond donors (Lipinski definition) is 1. The van der Waals surface area contributed by atoms with Crippen LogP contribution in [0.1, 0.15) is 45.9 Å². The van der Waals surface area contributed by atoms with Crippen LogP contribution in [-0.4, -0.2) is 16.3 Å². The van der Waals surface area contributed by atoms with Gasteiger partial charge in [0.2, 0.25) is 0 Å². The van der Waals surface area contributed by atoms with E-state index in [0.29, 0.717) is 11.5 Å². The van der Waals surface area contributed by atoms with E-state index >= 15 is 0 Å². The fraction of sp³-hybridized carbons (Fsp3) is 0.750. The summed E-state index contributed by atoms with van der Waals surface area (Å²) in [5.74, 6) is 0. The van der Waals surface area contributed by atoms with Crippen molar-refractivity contribution in [3.05, 3.63) is 18.0 Å². The Morgan fingerprint density at radius 1 is 1.47 bits per heavy atom. The van der Waals surface area contributed by atoms with Crippen molar-refractivity contribution in [1.82, 2.24) is 15.1 Å². The van der Waals surface area contributed by atoms with Gasteiger partial charge in [0.25, 0.3) is 0 Å². The van der Waals surface area contributed by atoms with E-state index in [-0.39, 0.29) is 0 Å². The standard InChI is InChI=1S/C12H23N3/c1-6-13-10(9-12(2,3)4)11-7-8-14-15(11)5/h7-8,10,13H,6,9H2,1-5H3. The molecule has 0 aliphatic rings. The molecule has 1 N–H and O–H groups in total. The first-order chi connectivity index (χ1) is 6.94. The Balaban J connectivity index is 2.79. The maximum Gasteiger partial charge on any atom is 0.0550 e. The molecule has 0 bridgehead atoms. The Bertz CT molecular complexity index is 296. The van der Waals surface area contributed by atoms with Crippen molar-refractivity contribution in [2.24, 2.45) is 12.5 Å². The van der Waals surface area contributed by atoms with Crippen molar-refractivity contribution >= 4 is 0 Å². The normalized spacial score (nSPS) is 14.2. The highest BCUT2D eigenvalue weighted by Crippen LogP contribution is 2.28. The zero-order chi connectivity index (χ0) is 11.5. The zero-order valence-electron chi connectivity index (χ0n) is 10.5. The van der Waals surface area contributed by atoms with Crippen molar-refractivity contribution in [3.63, 3.8) is 0 Å². The molecule has 86 valence electrons. The van der Waals surface area contributed by atoms with Crippen LogP contribution in [0.2, 0.25) is 0 Å². The van der Waals surface area contributed by atoms with E-state index in [1.165, 1.54) is 5.69 Å². The maximum atomic E-state index is 4.23. The van der Waals surface area contributed by atoms with Crippen LogP contribution in [-0.2, 0) is 7.05 Å². The highest BCUT2D eigenvalue weighted by Gasteiger charge is 2.21. The largest absolute Gasteiger partial charge is 0.309 e. The van der Waals surface area contributed by atoms with Crippen molar-refractivity contribution < 1.29 is 0 Å². The number of nitrogens with one attached hydrogen (secondary N) is 1. The number of nitrogens with zero attached hydrogens (tertiary/aromatic N) is 2. The minimum atomic E-state index is 0.330. The van der Waals surface area contributed by atoms with Gasteiger partial charge in [-0.2, -0.15) is 5.10 Å². The maximum absolute atomic E-state index is 4.23. The molecule has 1 atom stereocenters. The number of rotatable bonds is 4. The molecule has 0 radical (unpaired) electrons. The molecule has 1 heterocycles. The van der Waals surface area contributed by atoms with Crippen LogP contribution in [0.15, 0.2) is 12.3 Å². The number of hydrogen-bond acceptors (Lipinski definition) is 2. The summed E-state index contributed by atoms with van der Waals surface area (Å²) in [5.41, 5.74) is 1.60. The fourth-order valence-electron chi connectivity index (χ4n) is 1.87. The van der Waals surface area contributed by atoms with E-state index < -0.39 is 0 Å². The van der Waals surface area contributed by atoms with Gasteiger partial charge in [-0.05, 0) is 24.4 Å². The Morgan fingerprint density at radius 2 is 2.13 bits per heavy atom. The first kappa shape index (κ1) is 12.2. The molecule has 3 nitrogen and oxygen atoms in total. The molecular formula is C12H23N3. The topological polar surface area (TPSA) is 29.9 Å².